The standard InChI is InChI=1S/C7H16N2O2/c1-5(4-8)2-3-6(9)7(10)11/h5-6H,2-4,8-9H2,1H3,(H,10,11)/t5-,6+/m1/s1. The SMILES string of the molecule is C[C@@H](CN)CC[C@H](N)C(=O)O. The maximum Gasteiger partial charge on any atom is 0.320 e. The van der Waals surface area contributed by atoms with Crippen LogP contribution in [0.5, 0.6) is 0 Å². The molecule has 0 aliphatic heterocycles. The van der Waals surface area contributed by atoms with Crippen LogP contribution in [0.1, 0.15) is 19.8 Å². The third-order valence-corrected chi connectivity index (χ3v) is 1.69. The molecule has 0 spiro atoms. The van der Waals surface area contributed by atoms with Crippen molar-refractivity contribution in [3.8, 4) is 0 Å². The molecule has 0 aliphatic carbocycles. The van der Waals surface area contributed by atoms with Crippen LogP contribution in [0.4, 0.5) is 0 Å². The molecule has 0 saturated heterocycles. The summed E-state index contributed by atoms with van der Waals surface area (Å²) in [7, 11) is 0. The largest absolute Gasteiger partial charge is 0.480 e. The van der Waals surface area contributed by atoms with Crippen molar-refractivity contribution in [3.63, 3.8) is 0 Å². The topological polar surface area (TPSA) is 89.3 Å². The van der Waals surface area contributed by atoms with Crippen molar-refractivity contribution < 1.29 is 9.90 Å². The smallest absolute Gasteiger partial charge is 0.320 e. The second-order valence-corrected chi connectivity index (χ2v) is 2.86. The van der Waals surface area contributed by atoms with Crippen molar-refractivity contribution in [2.45, 2.75) is 25.8 Å². The highest BCUT2D eigenvalue weighted by atomic mass is 16.4. The van der Waals surface area contributed by atoms with Crippen LogP contribution in [0.2, 0.25) is 0 Å². The Morgan fingerprint density at radius 3 is 2.45 bits per heavy atom. The number of hydrogen-bond acceptors (Lipinski definition) is 3. The van der Waals surface area contributed by atoms with Gasteiger partial charge >= 0.3 is 5.97 Å². The van der Waals surface area contributed by atoms with E-state index in [1.54, 1.807) is 0 Å². The van der Waals surface area contributed by atoms with Crippen LogP contribution in [-0.4, -0.2) is 23.7 Å². The maximum atomic E-state index is 10.2. The Labute approximate surface area is 66.6 Å². The second-order valence-electron chi connectivity index (χ2n) is 2.86. The summed E-state index contributed by atoms with van der Waals surface area (Å²) in [5, 5.41) is 8.41. The van der Waals surface area contributed by atoms with Gasteiger partial charge in [-0.1, -0.05) is 6.92 Å². The highest BCUT2D eigenvalue weighted by molar-refractivity contribution is 5.72. The molecule has 0 saturated carbocycles. The average Bonchev–Trinajstić information content (AvgIpc) is 1.99. The molecule has 11 heavy (non-hydrogen) atoms. The molecule has 2 atom stereocenters. The van der Waals surface area contributed by atoms with Crippen LogP contribution in [-0.2, 0) is 4.79 Å². The quantitative estimate of drug-likeness (QED) is 0.518. The van der Waals surface area contributed by atoms with Crippen LogP contribution in [0.15, 0.2) is 0 Å². The van der Waals surface area contributed by atoms with E-state index in [4.69, 9.17) is 16.6 Å². The number of rotatable bonds is 5. The maximum absolute atomic E-state index is 10.2. The van der Waals surface area contributed by atoms with Gasteiger partial charge in [-0.2, -0.15) is 0 Å². The Balaban J connectivity index is 3.45. The van der Waals surface area contributed by atoms with E-state index in [0.717, 1.165) is 6.42 Å². The first-order valence-corrected chi connectivity index (χ1v) is 3.76. The minimum absolute atomic E-state index is 0.361. The number of carbonyl (C=O) groups is 1. The fourth-order valence-corrected chi connectivity index (χ4v) is 0.705. The van der Waals surface area contributed by atoms with Gasteiger partial charge in [0.05, 0.1) is 0 Å². The molecule has 0 aromatic heterocycles. The molecule has 0 amide bonds. The molecule has 0 rings (SSSR count). The van der Waals surface area contributed by atoms with E-state index in [1.807, 2.05) is 6.92 Å². The molecule has 4 heteroatoms. The van der Waals surface area contributed by atoms with Gasteiger partial charge in [-0.05, 0) is 25.3 Å². The van der Waals surface area contributed by atoms with Crippen LogP contribution < -0.4 is 11.5 Å². The van der Waals surface area contributed by atoms with E-state index in [1.165, 1.54) is 0 Å². The van der Waals surface area contributed by atoms with Crippen LogP contribution in [0.3, 0.4) is 0 Å². The van der Waals surface area contributed by atoms with Crippen LogP contribution >= 0.6 is 0 Å². The summed E-state index contributed by atoms with van der Waals surface area (Å²) in [5.74, 6) is -0.574. The lowest BCUT2D eigenvalue weighted by Crippen LogP contribution is -2.30. The average molecular weight is 160 g/mol. The lowest BCUT2D eigenvalue weighted by Gasteiger charge is -2.09. The lowest BCUT2D eigenvalue weighted by molar-refractivity contribution is -0.138. The van der Waals surface area contributed by atoms with Gasteiger partial charge in [0.25, 0.3) is 0 Å². The molecule has 66 valence electrons. The van der Waals surface area contributed by atoms with Gasteiger partial charge in [0.15, 0.2) is 0 Å². The van der Waals surface area contributed by atoms with E-state index in [2.05, 4.69) is 0 Å². The van der Waals surface area contributed by atoms with Crippen molar-refractivity contribution in [2.24, 2.45) is 17.4 Å². The molecule has 0 aromatic carbocycles. The summed E-state index contributed by atoms with van der Waals surface area (Å²) in [6.45, 7) is 2.57. The summed E-state index contributed by atoms with van der Waals surface area (Å²) in [4.78, 5) is 10.2. The normalized spacial score (nSPS) is 15.9. The van der Waals surface area contributed by atoms with E-state index >= 15 is 0 Å². The number of carboxylic acid groups (broad SMARTS) is 1. The van der Waals surface area contributed by atoms with E-state index in [0.29, 0.717) is 18.9 Å². The van der Waals surface area contributed by atoms with E-state index < -0.39 is 12.0 Å². The summed E-state index contributed by atoms with van der Waals surface area (Å²) in [6.07, 6.45) is 1.29. The zero-order valence-electron chi connectivity index (χ0n) is 6.79. The number of carboxylic acids is 1. The Morgan fingerprint density at radius 1 is 1.55 bits per heavy atom. The van der Waals surface area contributed by atoms with E-state index in [9.17, 15) is 4.79 Å². The van der Waals surface area contributed by atoms with Crippen molar-refractivity contribution in [1.82, 2.24) is 0 Å². The molecule has 5 N–H and O–H groups in total. The summed E-state index contributed by atoms with van der Waals surface area (Å²) in [6, 6.07) is -0.732. The highest BCUT2D eigenvalue weighted by Gasteiger charge is 2.11. The number of aliphatic carboxylic acids is 1. The monoisotopic (exact) mass is 160 g/mol. The summed E-state index contributed by atoms with van der Waals surface area (Å²) >= 11 is 0. The Morgan fingerprint density at radius 2 is 2.09 bits per heavy atom. The van der Waals surface area contributed by atoms with Gasteiger partial charge in [0, 0.05) is 0 Å². The van der Waals surface area contributed by atoms with Crippen molar-refractivity contribution in [2.75, 3.05) is 6.54 Å². The molecule has 0 radical (unpaired) electrons. The third-order valence-electron chi connectivity index (χ3n) is 1.69. The zero-order valence-corrected chi connectivity index (χ0v) is 6.79. The van der Waals surface area contributed by atoms with Gasteiger partial charge in [-0.3, -0.25) is 4.79 Å². The van der Waals surface area contributed by atoms with Gasteiger partial charge < -0.3 is 16.6 Å². The molecular formula is C7H16N2O2. The summed E-state index contributed by atoms with van der Waals surface area (Å²) < 4.78 is 0. The fraction of sp³-hybridized carbons (Fsp3) is 0.857. The van der Waals surface area contributed by atoms with Gasteiger partial charge in [0.2, 0.25) is 0 Å². The predicted molar refractivity (Wildman–Crippen MR) is 43.1 cm³/mol. The first kappa shape index (κ1) is 10.4. The molecule has 4 nitrogen and oxygen atoms in total. The fourth-order valence-electron chi connectivity index (χ4n) is 0.705. The predicted octanol–water partition coefficient (Wildman–Crippen LogP) is -0.227. The number of nitrogens with two attached hydrogens (primary N) is 2. The van der Waals surface area contributed by atoms with Gasteiger partial charge in [-0.25, -0.2) is 0 Å². The Kier molecular flexibility index (Phi) is 4.81. The molecular weight excluding hydrogens is 144 g/mol. The van der Waals surface area contributed by atoms with Crippen molar-refractivity contribution in [3.05, 3.63) is 0 Å². The molecule has 0 fully saturated rings. The minimum atomic E-state index is -0.936. The molecule has 0 heterocycles. The first-order chi connectivity index (χ1) is 5.07. The molecule has 0 aliphatic rings. The summed E-state index contributed by atoms with van der Waals surface area (Å²) in [5.41, 5.74) is 10.6. The Bertz CT molecular complexity index is 128. The van der Waals surface area contributed by atoms with Crippen LogP contribution in [0.25, 0.3) is 0 Å². The highest BCUT2D eigenvalue weighted by Crippen LogP contribution is 2.04. The molecule has 0 unspecified atom stereocenters. The Hall–Kier alpha value is -0.610. The van der Waals surface area contributed by atoms with Crippen molar-refractivity contribution in [1.29, 1.82) is 0 Å². The van der Waals surface area contributed by atoms with Gasteiger partial charge in [-0.15, -0.1) is 0 Å². The first-order valence-electron chi connectivity index (χ1n) is 3.76. The second kappa shape index (κ2) is 5.09. The minimum Gasteiger partial charge on any atom is -0.480 e. The number of hydrogen-bond donors (Lipinski definition) is 3. The zero-order chi connectivity index (χ0) is 8.85. The molecule has 0 bridgehead atoms. The molecule has 0 aromatic rings. The third kappa shape index (κ3) is 4.75. The van der Waals surface area contributed by atoms with E-state index in [-0.39, 0.29) is 0 Å². The van der Waals surface area contributed by atoms with Crippen molar-refractivity contribution >= 4 is 5.97 Å². The van der Waals surface area contributed by atoms with Gasteiger partial charge in [0.1, 0.15) is 6.04 Å². The lowest BCUT2D eigenvalue weighted by atomic mass is 10.0. The van der Waals surface area contributed by atoms with Crippen LogP contribution in [0, 0.1) is 5.92 Å².